The number of hydrogen-bond donors (Lipinski definition) is 1. The molecule has 1 aromatic heterocycles. The minimum absolute atomic E-state index is 0.0752. The molecule has 0 aliphatic carbocycles. The van der Waals surface area contributed by atoms with Crippen LogP contribution in [0.5, 0.6) is 0 Å². The van der Waals surface area contributed by atoms with E-state index >= 15 is 0 Å². The molecule has 2 aromatic rings. The number of aryl methyl sites for hydroxylation is 1. The highest BCUT2D eigenvalue weighted by Gasteiger charge is 2.27. The normalized spacial score (nSPS) is 17.9. The summed E-state index contributed by atoms with van der Waals surface area (Å²) in [7, 11) is 1.82. The molecule has 1 atom stereocenters. The van der Waals surface area contributed by atoms with Gasteiger partial charge < -0.3 is 10.0 Å². The van der Waals surface area contributed by atoms with Crippen LogP contribution in [0.2, 0.25) is 0 Å². The molecule has 22 heavy (non-hydrogen) atoms. The van der Waals surface area contributed by atoms with Gasteiger partial charge in [-0.25, -0.2) is 0 Å². The molecule has 1 fully saturated rings. The van der Waals surface area contributed by atoms with Crippen molar-refractivity contribution in [3.63, 3.8) is 0 Å². The molecule has 5 heteroatoms. The van der Waals surface area contributed by atoms with Gasteiger partial charge in [0.05, 0.1) is 18.4 Å². The Balaban J connectivity index is 1.58. The lowest BCUT2D eigenvalue weighted by Gasteiger charge is -2.15. The van der Waals surface area contributed by atoms with Crippen LogP contribution in [0.1, 0.15) is 27.9 Å². The fraction of sp³-hybridized carbons (Fsp3) is 0.412. The van der Waals surface area contributed by atoms with Gasteiger partial charge in [-0.15, -0.1) is 0 Å². The molecular weight excluding hydrogens is 278 g/mol. The van der Waals surface area contributed by atoms with Crippen molar-refractivity contribution in [2.45, 2.75) is 19.4 Å². The second kappa shape index (κ2) is 6.32. The number of rotatable bonds is 4. The highest BCUT2D eigenvalue weighted by Crippen LogP contribution is 2.22. The van der Waals surface area contributed by atoms with Gasteiger partial charge in [-0.3, -0.25) is 9.48 Å². The van der Waals surface area contributed by atoms with Gasteiger partial charge in [0, 0.05) is 26.3 Å². The lowest BCUT2D eigenvalue weighted by molar-refractivity contribution is 0.0787. The van der Waals surface area contributed by atoms with E-state index in [1.165, 1.54) is 5.56 Å². The summed E-state index contributed by atoms with van der Waals surface area (Å²) in [4.78, 5) is 14.3. The van der Waals surface area contributed by atoms with Crippen molar-refractivity contribution >= 4 is 5.91 Å². The van der Waals surface area contributed by atoms with Crippen LogP contribution in [-0.4, -0.2) is 38.8 Å². The Morgan fingerprint density at radius 2 is 2.05 bits per heavy atom. The van der Waals surface area contributed by atoms with E-state index in [0.717, 1.165) is 31.5 Å². The van der Waals surface area contributed by atoms with Gasteiger partial charge in [-0.2, -0.15) is 5.10 Å². The predicted molar refractivity (Wildman–Crippen MR) is 83.3 cm³/mol. The van der Waals surface area contributed by atoms with Crippen LogP contribution < -0.4 is 0 Å². The van der Waals surface area contributed by atoms with Crippen LogP contribution >= 0.6 is 0 Å². The van der Waals surface area contributed by atoms with Crippen LogP contribution in [0.25, 0.3) is 0 Å². The number of benzene rings is 1. The molecule has 0 radical (unpaired) electrons. The van der Waals surface area contributed by atoms with Gasteiger partial charge in [0.1, 0.15) is 0 Å². The highest BCUT2D eigenvalue weighted by molar-refractivity contribution is 5.93. The van der Waals surface area contributed by atoms with Crippen molar-refractivity contribution in [1.82, 2.24) is 14.7 Å². The second-order valence-electron chi connectivity index (χ2n) is 5.99. The van der Waals surface area contributed by atoms with Crippen LogP contribution in [0.4, 0.5) is 0 Å². The summed E-state index contributed by atoms with van der Waals surface area (Å²) in [6.07, 6.45) is 5.41. The number of carbonyl (C=O) groups excluding carboxylic acids is 1. The van der Waals surface area contributed by atoms with E-state index in [0.29, 0.717) is 11.5 Å². The number of carbonyl (C=O) groups is 1. The first-order chi connectivity index (χ1) is 10.7. The third-order valence-electron chi connectivity index (χ3n) is 4.25. The number of amides is 1. The molecule has 5 nitrogen and oxygen atoms in total. The minimum atomic E-state index is 0.0752. The SMILES string of the molecule is Cn1cc(C(=O)N2CC[C@H](Cc3ccc(CO)cc3)C2)cn1. The Bertz CT molecular complexity index is 648. The number of hydrogen-bond acceptors (Lipinski definition) is 3. The molecule has 0 unspecified atom stereocenters. The standard InChI is InChI=1S/C17H21N3O2/c1-19-11-16(9-18-19)17(22)20-7-6-15(10-20)8-13-2-4-14(12-21)5-3-13/h2-5,9,11,15,21H,6-8,10,12H2,1H3/t15-/m1/s1. The highest BCUT2D eigenvalue weighted by atomic mass is 16.3. The number of likely N-dealkylation sites (tertiary alicyclic amines) is 1. The molecule has 1 N–H and O–H groups in total. The number of aromatic nitrogens is 2. The Kier molecular flexibility index (Phi) is 4.24. The smallest absolute Gasteiger partial charge is 0.257 e. The van der Waals surface area contributed by atoms with Crippen molar-refractivity contribution < 1.29 is 9.90 Å². The molecule has 1 saturated heterocycles. The van der Waals surface area contributed by atoms with E-state index in [9.17, 15) is 4.79 Å². The molecular formula is C17H21N3O2. The molecule has 3 rings (SSSR count). The average Bonchev–Trinajstić information content (AvgIpc) is 3.16. The van der Waals surface area contributed by atoms with Crippen LogP contribution in [0, 0.1) is 5.92 Å². The first kappa shape index (κ1) is 14.8. The molecule has 1 amide bonds. The lowest BCUT2D eigenvalue weighted by Crippen LogP contribution is -2.28. The zero-order valence-corrected chi connectivity index (χ0v) is 12.8. The van der Waals surface area contributed by atoms with Crippen molar-refractivity contribution in [3.05, 3.63) is 53.3 Å². The summed E-state index contributed by atoms with van der Waals surface area (Å²) in [5, 5.41) is 13.1. The Hall–Kier alpha value is -2.14. The zero-order chi connectivity index (χ0) is 15.5. The van der Waals surface area contributed by atoms with E-state index < -0.39 is 0 Å². The van der Waals surface area contributed by atoms with Crippen molar-refractivity contribution in [1.29, 1.82) is 0 Å². The first-order valence-electron chi connectivity index (χ1n) is 7.62. The van der Waals surface area contributed by atoms with E-state index in [1.807, 2.05) is 24.1 Å². The quantitative estimate of drug-likeness (QED) is 0.933. The summed E-state index contributed by atoms with van der Waals surface area (Å²) in [6.45, 7) is 1.69. The molecule has 116 valence electrons. The van der Waals surface area contributed by atoms with Crippen molar-refractivity contribution in [3.8, 4) is 0 Å². The summed E-state index contributed by atoms with van der Waals surface area (Å²) in [6, 6.07) is 8.06. The van der Waals surface area contributed by atoms with Gasteiger partial charge in [-0.05, 0) is 29.9 Å². The molecule has 0 bridgehead atoms. The van der Waals surface area contributed by atoms with Crippen LogP contribution in [0.15, 0.2) is 36.7 Å². The molecule has 1 aliphatic heterocycles. The van der Waals surface area contributed by atoms with Crippen LogP contribution in [-0.2, 0) is 20.1 Å². The van der Waals surface area contributed by atoms with E-state index in [1.54, 1.807) is 17.1 Å². The van der Waals surface area contributed by atoms with Gasteiger partial charge in [0.25, 0.3) is 5.91 Å². The zero-order valence-electron chi connectivity index (χ0n) is 12.8. The predicted octanol–water partition coefficient (Wildman–Crippen LogP) is 1.62. The maximum absolute atomic E-state index is 12.4. The third kappa shape index (κ3) is 3.20. The van der Waals surface area contributed by atoms with Gasteiger partial charge in [-0.1, -0.05) is 24.3 Å². The summed E-state index contributed by atoms with van der Waals surface area (Å²) >= 11 is 0. The number of aliphatic hydroxyl groups is 1. The maximum atomic E-state index is 12.4. The molecule has 0 saturated carbocycles. The Labute approximate surface area is 130 Å². The number of aliphatic hydroxyl groups excluding tert-OH is 1. The van der Waals surface area contributed by atoms with Gasteiger partial charge in [0.15, 0.2) is 0 Å². The largest absolute Gasteiger partial charge is 0.392 e. The molecule has 0 spiro atoms. The van der Waals surface area contributed by atoms with E-state index in [-0.39, 0.29) is 12.5 Å². The maximum Gasteiger partial charge on any atom is 0.257 e. The first-order valence-corrected chi connectivity index (χ1v) is 7.62. The average molecular weight is 299 g/mol. The van der Waals surface area contributed by atoms with Gasteiger partial charge in [0.2, 0.25) is 0 Å². The molecule has 2 heterocycles. The molecule has 1 aromatic carbocycles. The Morgan fingerprint density at radius 3 is 2.68 bits per heavy atom. The van der Waals surface area contributed by atoms with Gasteiger partial charge >= 0.3 is 0 Å². The Morgan fingerprint density at radius 1 is 1.32 bits per heavy atom. The summed E-state index contributed by atoms with van der Waals surface area (Å²) in [5.41, 5.74) is 2.86. The molecule has 1 aliphatic rings. The van der Waals surface area contributed by atoms with E-state index in [4.69, 9.17) is 5.11 Å². The summed E-state index contributed by atoms with van der Waals surface area (Å²) < 4.78 is 1.66. The topological polar surface area (TPSA) is 58.4 Å². The third-order valence-corrected chi connectivity index (χ3v) is 4.25. The fourth-order valence-electron chi connectivity index (χ4n) is 3.01. The fourth-order valence-corrected chi connectivity index (χ4v) is 3.01. The second-order valence-corrected chi connectivity index (χ2v) is 5.99. The van der Waals surface area contributed by atoms with Crippen molar-refractivity contribution in [2.75, 3.05) is 13.1 Å². The number of nitrogens with zero attached hydrogens (tertiary/aromatic N) is 3. The van der Waals surface area contributed by atoms with E-state index in [2.05, 4.69) is 17.2 Å². The lowest BCUT2D eigenvalue weighted by atomic mass is 9.98. The monoisotopic (exact) mass is 299 g/mol. The van der Waals surface area contributed by atoms with Crippen LogP contribution in [0.3, 0.4) is 0 Å². The summed E-state index contributed by atoms with van der Waals surface area (Å²) in [5.74, 6) is 0.576. The minimum Gasteiger partial charge on any atom is -0.392 e. The van der Waals surface area contributed by atoms with Crippen molar-refractivity contribution in [2.24, 2.45) is 13.0 Å².